The van der Waals surface area contributed by atoms with Gasteiger partial charge in [0.1, 0.15) is 5.82 Å². The number of nitrogens with zero attached hydrogens (tertiary/aromatic N) is 3. The lowest BCUT2D eigenvalue weighted by molar-refractivity contribution is 0.755. The van der Waals surface area contributed by atoms with E-state index in [2.05, 4.69) is 62.3 Å². The maximum atomic E-state index is 4.84. The Hall–Kier alpha value is -3.60. The molecular weight excluding hydrogens is 334 g/mol. The number of H-pyrrole nitrogens is 1. The lowest BCUT2D eigenvalue weighted by atomic mass is 10.2. The first-order valence-electron chi connectivity index (χ1n) is 9.03. The Kier molecular flexibility index (Phi) is 3.83. The van der Waals surface area contributed by atoms with Gasteiger partial charge in [-0.25, -0.2) is 9.97 Å². The van der Waals surface area contributed by atoms with Gasteiger partial charge in [0.2, 0.25) is 5.95 Å². The molecule has 2 aromatic heterocycles. The van der Waals surface area contributed by atoms with Crippen LogP contribution < -0.4 is 5.32 Å². The van der Waals surface area contributed by atoms with Gasteiger partial charge < -0.3 is 14.9 Å². The summed E-state index contributed by atoms with van der Waals surface area (Å²) in [6, 6.07) is 26.8. The van der Waals surface area contributed by atoms with E-state index in [1.165, 1.54) is 5.56 Å². The quantitative estimate of drug-likeness (QED) is 0.486. The third-order valence-electron chi connectivity index (χ3n) is 4.72. The van der Waals surface area contributed by atoms with Gasteiger partial charge in [-0.3, -0.25) is 0 Å². The third-order valence-corrected chi connectivity index (χ3v) is 4.72. The van der Waals surface area contributed by atoms with Crippen LogP contribution in [0.25, 0.3) is 22.1 Å². The monoisotopic (exact) mass is 353 g/mol. The molecule has 2 N–H and O–H groups in total. The van der Waals surface area contributed by atoms with Crippen molar-refractivity contribution in [2.75, 3.05) is 5.32 Å². The second-order valence-corrected chi connectivity index (χ2v) is 6.54. The van der Waals surface area contributed by atoms with Gasteiger partial charge in [0.15, 0.2) is 0 Å². The molecule has 0 atom stereocenters. The second kappa shape index (κ2) is 6.61. The normalized spacial score (nSPS) is 11.3. The molecule has 0 spiro atoms. The largest absolute Gasteiger partial charge is 0.349 e. The van der Waals surface area contributed by atoms with Crippen LogP contribution in [0.1, 0.15) is 11.4 Å². The molecule has 5 heteroatoms. The van der Waals surface area contributed by atoms with E-state index >= 15 is 0 Å². The molecule has 132 valence electrons. The summed E-state index contributed by atoms with van der Waals surface area (Å²) >= 11 is 0. The number of hydrogen-bond acceptors (Lipinski definition) is 3. The molecule has 2 heterocycles. The molecule has 0 bridgehead atoms. The highest BCUT2D eigenvalue weighted by Crippen LogP contribution is 2.19. The summed E-state index contributed by atoms with van der Waals surface area (Å²) in [7, 11) is 0. The van der Waals surface area contributed by atoms with Crippen LogP contribution in [-0.2, 0) is 13.1 Å². The van der Waals surface area contributed by atoms with Crippen LogP contribution in [0.4, 0.5) is 5.95 Å². The van der Waals surface area contributed by atoms with Crippen LogP contribution in [0, 0.1) is 0 Å². The average Bonchev–Trinajstić information content (AvgIpc) is 3.28. The molecule has 0 saturated heterocycles. The summed E-state index contributed by atoms with van der Waals surface area (Å²) in [5.41, 5.74) is 5.39. The Morgan fingerprint density at radius 1 is 0.778 bits per heavy atom. The topological polar surface area (TPSA) is 58.5 Å². The van der Waals surface area contributed by atoms with Gasteiger partial charge in [-0.05, 0) is 29.8 Å². The number of aromatic amines is 1. The predicted molar refractivity (Wildman–Crippen MR) is 109 cm³/mol. The second-order valence-electron chi connectivity index (χ2n) is 6.54. The number of para-hydroxylation sites is 4. The van der Waals surface area contributed by atoms with Crippen molar-refractivity contribution in [3.8, 4) is 0 Å². The first kappa shape index (κ1) is 15.6. The molecule has 3 aromatic carbocycles. The van der Waals surface area contributed by atoms with Gasteiger partial charge in [-0.1, -0.05) is 54.6 Å². The number of nitrogens with one attached hydrogen (secondary N) is 2. The summed E-state index contributed by atoms with van der Waals surface area (Å²) in [6.45, 7) is 1.39. The fourth-order valence-corrected chi connectivity index (χ4v) is 3.40. The van der Waals surface area contributed by atoms with E-state index in [1.807, 2.05) is 36.4 Å². The lowest BCUT2D eigenvalue weighted by Gasteiger charge is -2.10. The number of anilines is 1. The number of benzene rings is 3. The molecule has 0 aliphatic heterocycles. The summed E-state index contributed by atoms with van der Waals surface area (Å²) in [5, 5.41) is 3.39. The Labute approximate surface area is 156 Å². The maximum Gasteiger partial charge on any atom is 0.201 e. The third kappa shape index (κ3) is 3.04. The highest BCUT2D eigenvalue weighted by atomic mass is 15.2. The van der Waals surface area contributed by atoms with Crippen LogP contribution in [-0.4, -0.2) is 19.5 Å². The lowest BCUT2D eigenvalue weighted by Crippen LogP contribution is -2.10. The first-order valence-corrected chi connectivity index (χ1v) is 9.03. The molecule has 0 radical (unpaired) electrons. The molecule has 5 rings (SSSR count). The molecule has 0 amide bonds. The van der Waals surface area contributed by atoms with Crippen molar-refractivity contribution in [1.29, 1.82) is 0 Å². The fourth-order valence-electron chi connectivity index (χ4n) is 3.40. The van der Waals surface area contributed by atoms with Crippen LogP contribution in [0.15, 0.2) is 78.9 Å². The number of imidazole rings is 2. The summed E-state index contributed by atoms with van der Waals surface area (Å²) in [5.74, 6) is 1.75. The van der Waals surface area contributed by atoms with Crippen molar-refractivity contribution in [3.63, 3.8) is 0 Å². The molecule has 5 nitrogen and oxygen atoms in total. The van der Waals surface area contributed by atoms with Crippen molar-refractivity contribution < 1.29 is 0 Å². The minimum atomic E-state index is 0.599. The van der Waals surface area contributed by atoms with E-state index < -0.39 is 0 Å². The van der Waals surface area contributed by atoms with Gasteiger partial charge in [-0.15, -0.1) is 0 Å². The van der Waals surface area contributed by atoms with Crippen molar-refractivity contribution in [3.05, 3.63) is 90.3 Å². The van der Waals surface area contributed by atoms with Gasteiger partial charge in [0.25, 0.3) is 0 Å². The van der Waals surface area contributed by atoms with Crippen LogP contribution in [0.5, 0.6) is 0 Å². The minimum absolute atomic E-state index is 0.599. The molecule has 0 unspecified atom stereocenters. The minimum Gasteiger partial charge on any atom is -0.349 e. The molecule has 5 aromatic rings. The van der Waals surface area contributed by atoms with Crippen LogP contribution >= 0.6 is 0 Å². The molecular formula is C22H19N5. The number of aromatic nitrogens is 4. The number of hydrogen-bond donors (Lipinski definition) is 2. The molecule has 0 aliphatic carbocycles. The molecule has 27 heavy (non-hydrogen) atoms. The van der Waals surface area contributed by atoms with Crippen LogP contribution in [0.3, 0.4) is 0 Å². The number of fused-ring (bicyclic) bond motifs is 2. The average molecular weight is 353 g/mol. The number of rotatable bonds is 5. The predicted octanol–water partition coefficient (Wildman–Crippen LogP) is 4.57. The molecule has 0 fully saturated rings. The molecule has 0 aliphatic rings. The Morgan fingerprint density at radius 3 is 2.37 bits per heavy atom. The maximum absolute atomic E-state index is 4.84. The zero-order valence-corrected chi connectivity index (χ0v) is 14.8. The van der Waals surface area contributed by atoms with Gasteiger partial charge in [-0.2, -0.15) is 0 Å². The smallest absolute Gasteiger partial charge is 0.201 e. The highest BCUT2D eigenvalue weighted by Gasteiger charge is 2.11. The van der Waals surface area contributed by atoms with E-state index in [-0.39, 0.29) is 0 Å². The standard InChI is InChI=1S/C22H19N5/c1-2-8-16(9-3-1)15-27-20-13-7-6-12-19(20)24-21(27)14-23-22-25-17-10-4-5-11-18(17)26-22/h1-13H,14-15H2,(H2,23,25,26). The van der Waals surface area contributed by atoms with Crippen molar-refractivity contribution >= 4 is 28.0 Å². The van der Waals surface area contributed by atoms with E-state index in [4.69, 9.17) is 4.98 Å². The van der Waals surface area contributed by atoms with E-state index in [0.29, 0.717) is 6.54 Å². The van der Waals surface area contributed by atoms with E-state index in [1.54, 1.807) is 0 Å². The SMILES string of the molecule is c1ccc(Cn2c(CNc3nc4ccccc4[nH]3)nc3ccccc32)cc1. The van der Waals surface area contributed by atoms with Crippen molar-refractivity contribution in [2.24, 2.45) is 0 Å². The van der Waals surface area contributed by atoms with Crippen molar-refractivity contribution in [1.82, 2.24) is 19.5 Å². The summed E-state index contributed by atoms with van der Waals surface area (Å²) in [4.78, 5) is 12.7. The first-order chi connectivity index (χ1) is 13.4. The van der Waals surface area contributed by atoms with E-state index in [9.17, 15) is 0 Å². The van der Waals surface area contributed by atoms with Gasteiger partial charge in [0.05, 0.1) is 28.6 Å². The fraction of sp³-hybridized carbons (Fsp3) is 0.0909. The highest BCUT2D eigenvalue weighted by molar-refractivity contribution is 5.77. The Balaban J connectivity index is 1.47. The van der Waals surface area contributed by atoms with Crippen molar-refractivity contribution in [2.45, 2.75) is 13.1 Å². The summed E-state index contributed by atoms with van der Waals surface area (Å²) < 4.78 is 2.26. The zero-order chi connectivity index (χ0) is 18.1. The Morgan fingerprint density at radius 2 is 1.52 bits per heavy atom. The van der Waals surface area contributed by atoms with E-state index in [0.717, 1.165) is 40.4 Å². The zero-order valence-electron chi connectivity index (χ0n) is 14.8. The van der Waals surface area contributed by atoms with Crippen LogP contribution in [0.2, 0.25) is 0 Å². The Bertz CT molecular complexity index is 1170. The van der Waals surface area contributed by atoms with Gasteiger partial charge >= 0.3 is 0 Å². The summed E-state index contributed by atoms with van der Waals surface area (Å²) in [6.07, 6.45) is 0. The van der Waals surface area contributed by atoms with Gasteiger partial charge in [0, 0.05) is 6.54 Å². The molecule has 0 saturated carbocycles.